The van der Waals surface area contributed by atoms with Crippen LogP contribution in [-0.4, -0.2) is 30.9 Å². The molecule has 0 bridgehead atoms. The molecule has 0 radical (unpaired) electrons. The fourth-order valence-electron chi connectivity index (χ4n) is 2.22. The molecule has 0 saturated carbocycles. The SMILES string of the molecule is CCC(=O)Nc1cccc(C(=O)NC2CCNCC2)c1. The number of carbonyl (C=O) groups is 2. The summed E-state index contributed by atoms with van der Waals surface area (Å²) in [5.41, 5.74) is 1.24. The van der Waals surface area contributed by atoms with Crippen molar-refractivity contribution in [2.45, 2.75) is 32.2 Å². The smallest absolute Gasteiger partial charge is 0.251 e. The first-order valence-corrected chi connectivity index (χ1v) is 7.10. The number of nitrogens with one attached hydrogen (secondary N) is 3. The van der Waals surface area contributed by atoms with Crippen molar-refractivity contribution in [3.05, 3.63) is 29.8 Å². The predicted octanol–water partition coefficient (Wildman–Crippen LogP) is 1.52. The topological polar surface area (TPSA) is 70.2 Å². The summed E-state index contributed by atoms with van der Waals surface area (Å²) >= 11 is 0. The Kier molecular flexibility index (Phi) is 5.12. The first kappa shape index (κ1) is 14.5. The van der Waals surface area contributed by atoms with E-state index in [4.69, 9.17) is 0 Å². The quantitative estimate of drug-likeness (QED) is 0.780. The second-order valence-corrected chi connectivity index (χ2v) is 4.98. The lowest BCUT2D eigenvalue weighted by Gasteiger charge is -2.23. The molecular formula is C15H21N3O2. The van der Waals surface area contributed by atoms with Gasteiger partial charge in [0.05, 0.1) is 0 Å². The van der Waals surface area contributed by atoms with Crippen LogP contribution in [0.1, 0.15) is 36.5 Å². The molecule has 108 valence electrons. The van der Waals surface area contributed by atoms with Gasteiger partial charge in [-0.2, -0.15) is 0 Å². The number of benzene rings is 1. The highest BCUT2D eigenvalue weighted by Crippen LogP contribution is 2.12. The number of carbonyl (C=O) groups excluding carboxylic acids is 2. The fraction of sp³-hybridized carbons (Fsp3) is 0.467. The van der Waals surface area contributed by atoms with E-state index < -0.39 is 0 Å². The summed E-state index contributed by atoms with van der Waals surface area (Å²) < 4.78 is 0. The second-order valence-electron chi connectivity index (χ2n) is 4.98. The first-order chi connectivity index (χ1) is 9.69. The van der Waals surface area contributed by atoms with Crippen molar-refractivity contribution < 1.29 is 9.59 Å². The second kappa shape index (κ2) is 7.05. The summed E-state index contributed by atoms with van der Waals surface area (Å²) in [5, 5.41) is 9.07. The van der Waals surface area contributed by atoms with Crippen molar-refractivity contribution >= 4 is 17.5 Å². The number of rotatable bonds is 4. The van der Waals surface area contributed by atoms with E-state index in [1.807, 2.05) is 0 Å². The third kappa shape index (κ3) is 4.06. The van der Waals surface area contributed by atoms with Gasteiger partial charge in [-0.25, -0.2) is 0 Å². The average Bonchev–Trinajstić information content (AvgIpc) is 2.48. The van der Waals surface area contributed by atoms with E-state index in [9.17, 15) is 9.59 Å². The van der Waals surface area contributed by atoms with Gasteiger partial charge < -0.3 is 16.0 Å². The molecule has 0 atom stereocenters. The third-order valence-corrected chi connectivity index (χ3v) is 3.40. The maximum atomic E-state index is 12.2. The number of hydrogen-bond donors (Lipinski definition) is 3. The summed E-state index contributed by atoms with van der Waals surface area (Å²) in [4.78, 5) is 23.5. The Balaban J connectivity index is 1.98. The van der Waals surface area contributed by atoms with Crippen LogP contribution >= 0.6 is 0 Å². The molecule has 1 aliphatic heterocycles. The normalized spacial score (nSPS) is 15.7. The molecule has 3 N–H and O–H groups in total. The van der Waals surface area contributed by atoms with Crippen LogP contribution in [0.5, 0.6) is 0 Å². The van der Waals surface area contributed by atoms with E-state index in [0.717, 1.165) is 25.9 Å². The summed E-state index contributed by atoms with van der Waals surface area (Å²) in [7, 11) is 0. The molecule has 5 nitrogen and oxygen atoms in total. The highest BCUT2D eigenvalue weighted by Gasteiger charge is 2.16. The largest absolute Gasteiger partial charge is 0.349 e. The van der Waals surface area contributed by atoms with Gasteiger partial charge in [0.15, 0.2) is 0 Å². The molecule has 20 heavy (non-hydrogen) atoms. The Bertz CT molecular complexity index is 482. The number of piperidine rings is 1. The minimum Gasteiger partial charge on any atom is -0.349 e. The average molecular weight is 275 g/mol. The van der Waals surface area contributed by atoms with Crippen LogP contribution < -0.4 is 16.0 Å². The first-order valence-electron chi connectivity index (χ1n) is 7.10. The van der Waals surface area contributed by atoms with Crippen molar-refractivity contribution in [3.63, 3.8) is 0 Å². The molecule has 1 aliphatic rings. The molecule has 2 amide bonds. The maximum Gasteiger partial charge on any atom is 0.251 e. The molecule has 0 unspecified atom stereocenters. The van der Waals surface area contributed by atoms with Crippen LogP contribution in [0.4, 0.5) is 5.69 Å². The minimum atomic E-state index is -0.0792. The van der Waals surface area contributed by atoms with Crippen molar-refractivity contribution in [1.29, 1.82) is 0 Å². The molecule has 0 aromatic heterocycles. The van der Waals surface area contributed by atoms with E-state index in [1.165, 1.54) is 0 Å². The summed E-state index contributed by atoms with van der Waals surface area (Å²) in [6, 6.07) is 7.28. The zero-order valence-electron chi connectivity index (χ0n) is 11.7. The van der Waals surface area contributed by atoms with Crippen LogP contribution in [-0.2, 0) is 4.79 Å². The van der Waals surface area contributed by atoms with Crippen molar-refractivity contribution in [3.8, 4) is 0 Å². The van der Waals surface area contributed by atoms with Crippen LogP contribution in [0.15, 0.2) is 24.3 Å². The molecule has 1 heterocycles. The van der Waals surface area contributed by atoms with E-state index in [-0.39, 0.29) is 17.9 Å². The summed E-state index contributed by atoms with van der Waals surface area (Å²) in [6.45, 7) is 3.68. The third-order valence-electron chi connectivity index (χ3n) is 3.40. The van der Waals surface area contributed by atoms with Gasteiger partial charge in [0, 0.05) is 23.7 Å². The van der Waals surface area contributed by atoms with Gasteiger partial charge in [0.25, 0.3) is 5.91 Å². The Morgan fingerprint density at radius 1 is 1.30 bits per heavy atom. The van der Waals surface area contributed by atoms with E-state index in [2.05, 4.69) is 16.0 Å². The van der Waals surface area contributed by atoms with Gasteiger partial charge >= 0.3 is 0 Å². The highest BCUT2D eigenvalue weighted by molar-refractivity contribution is 5.97. The number of amides is 2. The van der Waals surface area contributed by atoms with Crippen molar-refractivity contribution in [2.24, 2.45) is 0 Å². The summed E-state index contributed by atoms with van der Waals surface area (Å²) in [6.07, 6.45) is 2.33. The van der Waals surface area contributed by atoms with Gasteiger partial charge in [-0.15, -0.1) is 0 Å². The van der Waals surface area contributed by atoms with Gasteiger partial charge in [0.2, 0.25) is 5.91 Å². The van der Waals surface area contributed by atoms with Crippen molar-refractivity contribution in [2.75, 3.05) is 18.4 Å². The number of anilines is 1. The molecule has 0 aliphatic carbocycles. The molecule has 5 heteroatoms. The predicted molar refractivity (Wildman–Crippen MR) is 78.7 cm³/mol. The lowest BCUT2D eigenvalue weighted by molar-refractivity contribution is -0.115. The molecule has 1 fully saturated rings. The molecule has 1 aromatic carbocycles. The molecule has 0 spiro atoms. The van der Waals surface area contributed by atoms with E-state index in [0.29, 0.717) is 17.7 Å². The minimum absolute atomic E-state index is 0.0547. The summed E-state index contributed by atoms with van der Waals surface area (Å²) in [5.74, 6) is -0.134. The lowest BCUT2D eigenvalue weighted by atomic mass is 10.1. The number of hydrogen-bond acceptors (Lipinski definition) is 3. The molecule has 1 aromatic rings. The van der Waals surface area contributed by atoms with E-state index in [1.54, 1.807) is 31.2 Å². The lowest BCUT2D eigenvalue weighted by Crippen LogP contribution is -2.42. The molecule has 2 rings (SSSR count). The monoisotopic (exact) mass is 275 g/mol. The fourth-order valence-corrected chi connectivity index (χ4v) is 2.22. The Morgan fingerprint density at radius 2 is 2.05 bits per heavy atom. The zero-order chi connectivity index (χ0) is 14.4. The van der Waals surface area contributed by atoms with Gasteiger partial charge in [-0.05, 0) is 44.1 Å². The molecule has 1 saturated heterocycles. The standard InChI is InChI=1S/C15H21N3O2/c1-2-14(19)17-13-5-3-4-11(10-13)15(20)18-12-6-8-16-9-7-12/h3-5,10,12,16H,2,6-9H2,1H3,(H,17,19)(H,18,20). The Hall–Kier alpha value is -1.88. The Labute approximate surface area is 119 Å². The highest BCUT2D eigenvalue weighted by atomic mass is 16.2. The van der Waals surface area contributed by atoms with Gasteiger partial charge in [0.1, 0.15) is 0 Å². The van der Waals surface area contributed by atoms with Crippen LogP contribution in [0.3, 0.4) is 0 Å². The van der Waals surface area contributed by atoms with Crippen LogP contribution in [0.25, 0.3) is 0 Å². The van der Waals surface area contributed by atoms with Crippen LogP contribution in [0, 0.1) is 0 Å². The van der Waals surface area contributed by atoms with Gasteiger partial charge in [-0.1, -0.05) is 13.0 Å². The maximum absolute atomic E-state index is 12.2. The van der Waals surface area contributed by atoms with Crippen LogP contribution in [0.2, 0.25) is 0 Å². The van der Waals surface area contributed by atoms with Crippen molar-refractivity contribution in [1.82, 2.24) is 10.6 Å². The van der Waals surface area contributed by atoms with E-state index >= 15 is 0 Å². The van der Waals surface area contributed by atoms with Gasteiger partial charge in [-0.3, -0.25) is 9.59 Å². The Morgan fingerprint density at radius 3 is 2.75 bits per heavy atom. The molecular weight excluding hydrogens is 254 g/mol. The zero-order valence-corrected chi connectivity index (χ0v) is 11.7.